The SMILES string of the molecule is COC(=O)[C@@H](N)Cc1ccc(O)c(-c2ccc(F)cc2)c1. The molecule has 0 bridgehead atoms. The number of methoxy groups -OCH3 is 1. The van der Waals surface area contributed by atoms with Crippen molar-refractivity contribution in [3.63, 3.8) is 0 Å². The number of halogens is 1. The fourth-order valence-corrected chi connectivity index (χ4v) is 2.06. The van der Waals surface area contributed by atoms with Crippen molar-refractivity contribution < 1.29 is 19.0 Å². The van der Waals surface area contributed by atoms with E-state index in [0.717, 1.165) is 5.56 Å². The molecule has 0 aromatic heterocycles. The van der Waals surface area contributed by atoms with Gasteiger partial charge in [-0.3, -0.25) is 4.79 Å². The van der Waals surface area contributed by atoms with E-state index in [4.69, 9.17) is 5.73 Å². The van der Waals surface area contributed by atoms with E-state index in [0.29, 0.717) is 17.5 Å². The molecule has 2 aromatic rings. The molecule has 0 fully saturated rings. The van der Waals surface area contributed by atoms with Crippen LogP contribution in [0.3, 0.4) is 0 Å². The first-order valence-corrected chi connectivity index (χ1v) is 6.42. The lowest BCUT2D eigenvalue weighted by Crippen LogP contribution is -2.33. The molecule has 4 nitrogen and oxygen atoms in total. The quantitative estimate of drug-likeness (QED) is 0.847. The Morgan fingerprint density at radius 1 is 1.29 bits per heavy atom. The first kappa shape index (κ1) is 15.0. The average Bonchev–Trinajstić information content (AvgIpc) is 2.49. The highest BCUT2D eigenvalue weighted by Gasteiger charge is 2.15. The van der Waals surface area contributed by atoms with Gasteiger partial charge in [0.05, 0.1) is 7.11 Å². The van der Waals surface area contributed by atoms with Gasteiger partial charge >= 0.3 is 5.97 Å². The standard InChI is InChI=1S/C16H16FNO3/c1-21-16(20)14(18)9-10-2-7-15(19)13(8-10)11-3-5-12(17)6-4-11/h2-8,14,19H,9,18H2,1H3/t14-/m0/s1. The topological polar surface area (TPSA) is 72.5 Å². The molecule has 0 amide bonds. The summed E-state index contributed by atoms with van der Waals surface area (Å²) in [7, 11) is 1.28. The van der Waals surface area contributed by atoms with Gasteiger partial charge in [-0.05, 0) is 41.8 Å². The highest BCUT2D eigenvalue weighted by molar-refractivity contribution is 5.76. The molecule has 3 N–H and O–H groups in total. The van der Waals surface area contributed by atoms with Gasteiger partial charge in [0, 0.05) is 5.56 Å². The summed E-state index contributed by atoms with van der Waals surface area (Å²) >= 11 is 0. The van der Waals surface area contributed by atoms with Gasteiger partial charge in [-0.2, -0.15) is 0 Å². The summed E-state index contributed by atoms with van der Waals surface area (Å²) < 4.78 is 17.5. The van der Waals surface area contributed by atoms with Crippen molar-refractivity contribution in [3.8, 4) is 16.9 Å². The lowest BCUT2D eigenvalue weighted by molar-refractivity contribution is -0.142. The van der Waals surface area contributed by atoms with E-state index in [-0.39, 0.29) is 11.6 Å². The molecule has 21 heavy (non-hydrogen) atoms. The Kier molecular flexibility index (Phi) is 4.55. The molecule has 2 aromatic carbocycles. The minimum atomic E-state index is -0.763. The summed E-state index contributed by atoms with van der Waals surface area (Å²) in [5.74, 6) is -0.759. The van der Waals surface area contributed by atoms with Crippen LogP contribution < -0.4 is 5.73 Å². The summed E-state index contributed by atoms with van der Waals surface area (Å²) in [5.41, 5.74) is 7.74. The third kappa shape index (κ3) is 3.58. The van der Waals surface area contributed by atoms with Crippen molar-refractivity contribution >= 4 is 5.97 Å². The molecule has 0 unspecified atom stereocenters. The zero-order valence-corrected chi connectivity index (χ0v) is 11.5. The lowest BCUT2D eigenvalue weighted by atomic mass is 9.98. The molecule has 5 heteroatoms. The largest absolute Gasteiger partial charge is 0.507 e. The Labute approximate surface area is 122 Å². The highest BCUT2D eigenvalue weighted by atomic mass is 19.1. The Morgan fingerprint density at radius 3 is 2.57 bits per heavy atom. The van der Waals surface area contributed by atoms with Gasteiger partial charge in [-0.1, -0.05) is 18.2 Å². The Balaban J connectivity index is 2.29. The normalized spacial score (nSPS) is 12.0. The maximum atomic E-state index is 13.0. The minimum absolute atomic E-state index is 0.0806. The van der Waals surface area contributed by atoms with Crippen molar-refractivity contribution in [2.24, 2.45) is 5.73 Å². The summed E-state index contributed by atoms with van der Waals surface area (Å²) in [5, 5.41) is 9.93. The molecule has 0 radical (unpaired) electrons. The van der Waals surface area contributed by atoms with Crippen molar-refractivity contribution in [1.82, 2.24) is 0 Å². The van der Waals surface area contributed by atoms with Crippen LogP contribution in [0.1, 0.15) is 5.56 Å². The van der Waals surface area contributed by atoms with E-state index in [2.05, 4.69) is 4.74 Å². The van der Waals surface area contributed by atoms with Crippen molar-refractivity contribution in [3.05, 3.63) is 53.8 Å². The van der Waals surface area contributed by atoms with Crippen LogP contribution in [-0.2, 0) is 16.0 Å². The lowest BCUT2D eigenvalue weighted by Gasteiger charge is -2.11. The van der Waals surface area contributed by atoms with Crippen LogP contribution in [0.15, 0.2) is 42.5 Å². The second kappa shape index (κ2) is 6.37. The average molecular weight is 289 g/mol. The first-order chi connectivity index (χ1) is 10.0. The number of benzene rings is 2. The molecule has 0 saturated heterocycles. The number of nitrogens with two attached hydrogens (primary N) is 1. The molecule has 0 aliphatic carbocycles. The summed E-state index contributed by atoms with van der Waals surface area (Å²) in [4.78, 5) is 11.3. The van der Waals surface area contributed by atoms with E-state index in [1.165, 1.54) is 25.3 Å². The van der Waals surface area contributed by atoms with Gasteiger partial charge in [0.25, 0.3) is 0 Å². The number of phenols is 1. The second-order valence-corrected chi connectivity index (χ2v) is 4.69. The van der Waals surface area contributed by atoms with Crippen molar-refractivity contribution in [1.29, 1.82) is 0 Å². The summed E-state index contributed by atoms with van der Waals surface area (Å²) in [6.45, 7) is 0. The fraction of sp³-hybridized carbons (Fsp3) is 0.188. The molecular weight excluding hydrogens is 273 g/mol. The number of hydrogen-bond donors (Lipinski definition) is 2. The van der Waals surface area contributed by atoms with Gasteiger partial charge in [-0.25, -0.2) is 4.39 Å². The number of hydrogen-bond acceptors (Lipinski definition) is 4. The number of carbonyl (C=O) groups is 1. The molecule has 0 spiro atoms. The van der Waals surface area contributed by atoms with Crippen molar-refractivity contribution in [2.75, 3.05) is 7.11 Å². The minimum Gasteiger partial charge on any atom is -0.507 e. The number of esters is 1. The molecule has 0 heterocycles. The molecule has 1 atom stereocenters. The van der Waals surface area contributed by atoms with Crippen LogP contribution in [-0.4, -0.2) is 24.2 Å². The van der Waals surface area contributed by atoms with Crippen molar-refractivity contribution in [2.45, 2.75) is 12.5 Å². The fourth-order valence-electron chi connectivity index (χ4n) is 2.06. The first-order valence-electron chi connectivity index (χ1n) is 6.42. The van der Waals surface area contributed by atoms with E-state index < -0.39 is 12.0 Å². The summed E-state index contributed by atoms with van der Waals surface area (Å²) in [6.07, 6.45) is 0.293. The number of rotatable bonds is 4. The maximum Gasteiger partial charge on any atom is 0.322 e. The maximum absolute atomic E-state index is 13.0. The van der Waals surface area contributed by atoms with Gasteiger partial charge in [-0.15, -0.1) is 0 Å². The second-order valence-electron chi connectivity index (χ2n) is 4.69. The number of phenolic OH excluding ortho intramolecular Hbond substituents is 1. The van der Waals surface area contributed by atoms with Crippen LogP contribution in [0.5, 0.6) is 5.75 Å². The Bertz CT molecular complexity index is 640. The van der Waals surface area contributed by atoms with E-state index in [9.17, 15) is 14.3 Å². The number of aromatic hydroxyl groups is 1. The Hall–Kier alpha value is -2.40. The van der Waals surface area contributed by atoms with Crippen LogP contribution in [0.4, 0.5) is 4.39 Å². The van der Waals surface area contributed by atoms with Gasteiger partial charge < -0.3 is 15.6 Å². The molecule has 0 aliphatic heterocycles. The van der Waals surface area contributed by atoms with Crippen LogP contribution in [0.25, 0.3) is 11.1 Å². The van der Waals surface area contributed by atoms with E-state index in [1.807, 2.05) is 0 Å². The molecule has 0 saturated carbocycles. The van der Waals surface area contributed by atoms with Crippen LogP contribution in [0, 0.1) is 5.82 Å². The van der Waals surface area contributed by atoms with Gasteiger partial charge in [0.2, 0.25) is 0 Å². The number of ether oxygens (including phenoxy) is 1. The molecule has 0 aliphatic rings. The van der Waals surface area contributed by atoms with E-state index in [1.54, 1.807) is 24.3 Å². The predicted molar refractivity (Wildman–Crippen MR) is 77.2 cm³/mol. The monoisotopic (exact) mass is 289 g/mol. The third-order valence-corrected chi connectivity index (χ3v) is 3.18. The Morgan fingerprint density at radius 2 is 1.95 bits per heavy atom. The van der Waals surface area contributed by atoms with Gasteiger partial charge in [0.15, 0.2) is 0 Å². The summed E-state index contributed by atoms with van der Waals surface area (Å²) in [6, 6.07) is 9.97. The predicted octanol–water partition coefficient (Wildman–Crippen LogP) is 2.24. The number of carbonyl (C=O) groups excluding carboxylic acids is 1. The molecule has 110 valence electrons. The highest BCUT2D eigenvalue weighted by Crippen LogP contribution is 2.30. The molecular formula is C16H16FNO3. The van der Waals surface area contributed by atoms with Crippen LogP contribution >= 0.6 is 0 Å². The van der Waals surface area contributed by atoms with Gasteiger partial charge in [0.1, 0.15) is 17.6 Å². The zero-order valence-electron chi connectivity index (χ0n) is 11.5. The third-order valence-electron chi connectivity index (χ3n) is 3.18. The van der Waals surface area contributed by atoms with Crippen LogP contribution in [0.2, 0.25) is 0 Å². The van der Waals surface area contributed by atoms with E-state index >= 15 is 0 Å². The smallest absolute Gasteiger partial charge is 0.322 e. The zero-order chi connectivity index (χ0) is 15.4. The molecule has 2 rings (SSSR count).